The first-order valence-electron chi connectivity index (χ1n) is 4.97. The van der Waals surface area contributed by atoms with Crippen molar-refractivity contribution in [3.63, 3.8) is 0 Å². The zero-order chi connectivity index (χ0) is 9.54. The Morgan fingerprint density at radius 2 is 2.07 bits per heavy atom. The molecule has 3 rings (SSSR count). The van der Waals surface area contributed by atoms with Gasteiger partial charge in [0.05, 0.1) is 18.8 Å². The van der Waals surface area contributed by atoms with Crippen LogP contribution in [0.25, 0.3) is 0 Å². The van der Waals surface area contributed by atoms with Crippen LogP contribution in [-0.2, 0) is 4.74 Å². The second-order valence-electron chi connectivity index (χ2n) is 3.97. The van der Waals surface area contributed by atoms with E-state index in [1.54, 1.807) is 0 Å². The van der Waals surface area contributed by atoms with Crippen LogP contribution in [-0.4, -0.2) is 25.3 Å². The molecule has 0 spiro atoms. The van der Waals surface area contributed by atoms with Gasteiger partial charge in [-0.25, -0.2) is 0 Å². The molecule has 74 valence electrons. The van der Waals surface area contributed by atoms with Gasteiger partial charge in [-0.3, -0.25) is 0 Å². The van der Waals surface area contributed by atoms with Gasteiger partial charge in [0.1, 0.15) is 0 Å². The van der Waals surface area contributed by atoms with Gasteiger partial charge in [0.25, 0.3) is 0 Å². The van der Waals surface area contributed by atoms with E-state index in [1.807, 2.05) is 0 Å². The molecule has 0 N–H and O–H groups in total. The lowest BCUT2D eigenvalue weighted by atomic mass is 10.2. The highest BCUT2D eigenvalue weighted by atomic mass is 127. The molecular formula is C11H12INO. The third-order valence-electron chi connectivity index (χ3n) is 3.06. The summed E-state index contributed by atoms with van der Waals surface area (Å²) in [6, 6.07) is 9.39. The van der Waals surface area contributed by atoms with E-state index in [0.717, 1.165) is 13.2 Å². The lowest BCUT2D eigenvalue weighted by Gasteiger charge is -2.28. The number of fused-ring (bicyclic) bond motifs is 2. The van der Waals surface area contributed by atoms with Crippen LogP contribution in [0.2, 0.25) is 0 Å². The van der Waals surface area contributed by atoms with Gasteiger partial charge in [0.2, 0.25) is 0 Å². The molecule has 2 saturated heterocycles. The average Bonchev–Trinajstić information content (AvgIpc) is 2.80. The molecule has 1 aromatic carbocycles. The normalized spacial score (nSPS) is 29.9. The molecule has 3 heteroatoms. The van der Waals surface area contributed by atoms with Gasteiger partial charge >= 0.3 is 0 Å². The number of morpholine rings is 1. The van der Waals surface area contributed by atoms with E-state index in [-0.39, 0.29) is 0 Å². The van der Waals surface area contributed by atoms with Gasteiger partial charge in [-0.05, 0) is 53.3 Å². The second kappa shape index (κ2) is 3.38. The molecule has 2 heterocycles. The first-order chi connectivity index (χ1) is 6.83. The molecule has 1 aromatic rings. The predicted molar refractivity (Wildman–Crippen MR) is 64.7 cm³/mol. The number of anilines is 1. The zero-order valence-electron chi connectivity index (χ0n) is 7.82. The van der Waals surface area contributed by atoms with Crippen LogP contribution in [0, 0.1) is 3.57 Å². The Kier molecular flexibility index (Phi) is 2.17. The van der Waals surface area contributed by atoms with Crippen LogP contribution < -0.4 is 4.90 Å². The number of hydrogen-bond acceptors (Lipinski definition) is 2. The molecule has 2 bridgehead atoms. The summed E-state index contributed by atoms with van der Waals surface area (Å²) in [5.74, 6) is 0. The van der Waals surface area contributed by atoms with Crippen LogP contribution >= 0.6 is 22.6 Å². The molecule has 2 aliphatic heterocycles. The third-order valence-corrected chi connectivity index (χ3v) is 3.78. The maximum Gasteiger partial charge on any atom is 0.0771 e. The third kappa shape index (κ3) is 1.42. The monoisotopic (exact) mass is 301 g/mol. The molecule has 14 heavy (non-hydrogen) atoms. The molecule has 2 nitrogen and oxygen atoms in total. The van der Waals surface area contributed by atoms with Crippen molar-refractivity contribution in [2.75, 3.05) is 18.1 Å². The fraction of sp³-hybridized carbons (Fsp3) is 0.455. The Bertz CT molecular complexity index is 338. The first kappa shape index (κ1) is 8.97. The van der Waals surface area contributed by atoms with Crippen molar-refractivity contribution in [1.82, 2.24) is 0 Å². The Morgan fingerprint density at radius 1 is 1.29 bits per heavy atom. The quantitative estimate of drug-likeness (QED) is 0.738. The van der Waals surface area contributed by atoms with E-state index < -0.39 is 0 Å². The highest BCUT2D eigenvalue weighted by Crippen LogP contribution is 2.32. The summed E-state index contributed by atoms with van der Waals surface area (Å²) < 4.78 is 6.88. The molecule has 0 radical (unpaired) electrons. The van der Waals surface area contributed by atoms with Gasteiger partial charge in [-0.1, -0.05) is 0 Å². The number of rotatable bonds is 1. The number of ether oxygens (including phenoxy) is 1. The molecule has 0 saturated carbocycles. The van der Waals surface area contributed by atoms with Crippen molar-refractivity contribution >= 4 is 28.3 Å². The largest absolute Gasteiger partial charge is 0.374 e. The first-order valence-corrected chi connectivity index (χ1v) is 6.04. The van der Waals surface area contributed by atoms with Crippen molar-refractivity contribution in [1.29, 1.82) is 0 Å². The minimum atomic E-state index is 0.485. The highest BCUT2D eigenvalue weighted by molar-refractivity contribution is 14.1. The molecule has 0 unspecified atom stereocenters. The number of benzene rings is 1. The maximum absolute atomic E-state index is 5.58. The standard InChI is InChI=1S/C11H12INO/c12-8-1-3-9(4-2-8)13-6-11-5-10(13)7-14-11/h1-4,10-11H,5-7H2/t10-,11-/m0/s1. The van der Waals surface area contributed by atoms with Gasteiger partial charge in [0.15, 0.2) is 0 Å². The van der Waals surface area contributed by atoms with Crippen molar-refractivity contribution in [2.45, 2.75) is 18.6 Å². The van der Waals surface area contributed by atoms with Crippen molar-refractivity contribution in [3.8, 4) is 0 Å². The lowest BCUT2D eigenvalue weighted by molar-refractivity contribution is 0.0991. The van der Waals surface area contributed by atoms with E-state index in [1.165, 1.54) is 15.7 Å². The molecule has 0 amide bonds. The number of halogens is 1. The Hall–Kier alpha value is -0.290. The minimum Gasteiger partial charge on any atom is -0.374 e. The van der Waals surface area contributed by atoms with E-state index in [2.05, 4.69) is 51.8 Å². The van der Waals surface area contributed by atoms with Crippen LogP contribution in [0.15, 0.2) is 24.3 Å². The van der Waals surface area contributed by atoms with E-state index in [9.17, 15) is 0 Å². The summed E-state index contributed by atoms with van der Waals surface area (Å²) in [6.45, 7) is 1.99. The maximum atomic E-state index is 5.58. The zero-order valence-corrected chi connectivity index (χ0v) is 9.98. The SMILES string of the molecule is Ic1ccc(N2C[C@@H]3C[C@H]2CO3)cc1. The van der Waals surface area contributed by atoms with Crippen LogP contribution in [0.3, 0.4) is 0 Å². The molecule has 2 fully saturated rings. The summed E-state index contributed by atoms with van der Waals surface area (Å²) in [4.78, 5) is 2.48. The Balaban J connectivity index is 1.86. The summed E-state index contributed by atoms with van der Waals surface area (Å²) in [5.41, 5.74) is 1.35. The lowest BCUT2D eigenvalue weighted by Crippen LogP contribution is -2.36. The van der Waals surface area contributed by atoms with E-state index in [0.29, 0.717) is 12.1 Å². The van der Waals surface area contributed by atoms with E-state index >= 15 is 0 Å². The summed E-state index contributed by atoms with van der Waals surface area (Å²) in [5, 5.41) is 0. The number of nitrogens with zero attached hydrogens (tertiary/aromatic N) is 1. The molecular weight excluding hydrogens is 289 g/mol. The summed E-state index contributed by atoms with van der Waals surface area (Å²) in [6.07, 6.45) is 1.70. The van der Waals surface area contributed by atoms with Crippen molar-refractivity contribution in [3.05, 3.63) is 27.8 Å². The molecule has 2 atom stereocenters. The highest BCUT2D eigenvalue weighted by Gasteiger charge is 2.38. The number of hydrogen-bond donors (Lipinski definition) is 0. The van der Waals surface area contributed by atoms with Gasteiger partial charge in [-0.15, -0.1) is 0 Å². The summed E-state index contributed by atoms with van der Waals surface area (Å²) in [7, 11) is 0. The van der Waals surface area contributed by atoms with Crippen LogP contribution in [0.5, 0.6) is 0 Å². The van der Waals surface area contributed by atoms with Crippen molar-refractivity contribution < 1.29 is 4.74 Å². The smallest absolute Gasteiger partial charge is 0.0771 e. The minimum absolute atomic E-state index is 0.485. The summed E-state index contributed by atoms with van der Waals surface area (Å²) >= 11 is 2.34. The van der Waals surface area contributed by atoms with Crippen molar-refractivity contribution in [2.24, 2.45) is 0 Å². The molecule has 0 aliphatic carbocycles. The van der Waals surface area contributed by atoms with Crippen LogP contribution in [0.4, 0.5) is 5.69 Å². The Morgan fingerprint density at radius 3 is 2.64 bits per heavy atom. The fourth-order valence-corrected chi connectivity index (χ4v) is 2.71. The second-order valence-corrected chi connectivity index (χ2v) is 5.22. The molecule has 0 aromatic heterocycles. The van der Waals surface area contributed by atoms with Gasteiger partial charge < -0.3 is 9.64 Å². The van der Waals surface area contributed by atoms with Gasteiger partial charge in [0, 0.05) is 15.8 Å². The van der Waals surface area contributed by atoms with Crippen LogP contribution in [0.1, 0.15) is 6.42 Å². The predicted octanol–water partition coefficient (Wildman–Crippen LogP) is 2.27. The average molecular weight is 301 g/mol. The topological polar surface area (TPSA) is 12.5 Å². The fourth-order valence-electron chi connectivity index (χ4n) is 2.35. The van der Waals surface area contributed by atoms with E-state index in [4.69, 9.17) is 4.74 Å². The molecule has 2 aliphatic rings. The van der Waals surface area contributed by atoms with Gasteiger partial charge in [-0.2, -0.15) is 0 Å². The Labute approximate surface area is 97.4 Å².